The fourth-order valence-corrected chi connectivity index (χ4v) is 2.60. The largest absolute Gasteiger partial charge is 0.478 e. The van der Waals surface area contributed by atoms with Gasteiger partial charge in [-0.15, -0.1) is 11.3 Å². The van der Waals surface area contributed by atoms with E-state index in [0.29, 0.717) is 20.5 Å². The molecular weight excluding hydrogens is 310 g/mol. The minimum atomic E-state index is -1.02. The Bertz CT molecular complexity index is 721. The van der Waals surface area contributed by atoms with Crippen molar-refractivity contribution < 1.29 is 14.7 Å². The molecule has 1 heterocycles. The lowest BCUT2D eigenvalue weighted by Gasteiger charge is -2.08. The van der Waals surface area contributed by atoms with Crippen LogP contribution >= 0.6 is 22.9 Å². The van der Waals surface area contributed by atoms with Gasteiger partial charge in [0.2, 0.25) is 0 Å². The van der Waals surface area contributed by atoms with Gasteiger partial charge in [0.15, 0.2) is 0 Å². The van der Waals surface area contributed by atoms with Crippen molar-refractivity contribution in [2.75, 3.05) is 5.32 Å². The van der Waals surface area contributed by atoms with Crippen molar-refractivity contribution in [2.45, 2.75) is 6.92 Å². The van der Waals surface area contributed by atoms with Crippen LogP contribution in [0.25, 0.3) is 6.08 Å². The summed E-state index contributed by atoms with van der Waals surface area (Å²) in [6.07, 6.45) is 2.52. The fourth-order valence-electron chi connectivity index (χ4n) is 1.67. The second-order valence-corrected chi connectivity index (χ2v) is 6.02. The highest BCUT2D eigenvalue weighted by atomic mass is 35.5. The quantitative estimate of drug-likeness (QED) is 0.834. The van der Waals surface area contributed by atoms with E-state index < -0.39 is 5.97 Å². The molecule has 0 aliphatic rings. The molecule has 0 unspecified atom stereocenters. The van der Waals surface area contributed by atoms with Crippen molar-refractivity contribution in [3.05, 3.63) is 56.7 Å². The summed E-state index contributed by atoms with van der Waals surface area (Å²) in [5, 5.41) is 11.4. The monoisotopic (exact) mass is 321 g/mol. The van der Waals surface area contributed by atoms with Crippen molar-refractivity contribution in [1.82, 2.24) is 0 Å². The standard InChI is InChI=1S/C15H12ClNO3S/c1-9-2-3-10(4-7-14(18)19)8-11(9)17-15(20)12-5-6-13(16)21-12/h2-8H,1H3,(H,17,20)(H,18,19). The molecule has 0 spiro atoms. The van der Waals surface area contributed by atoms with Crippen LogP contribution in [0.2, 0.25) is 4.34 Å². The van der Waals surface area contributed by atoms with Gasteiger partial charge >= 0.3 is 5.97 Å². The number of carboxylic acids is 1. The number of thiophene rings is 1. The van der Waals surface area contributed by atoms with Crippen LogP contribution in [-0.4, -0.2) is 17.0 Å². The van der Waals surface area contributed by atoms with Crippen molar-refractivity contribution in [3.8, 4) is 0 Å². The van der Waals surface area contributed by atoms with Crippen LogP contribution < -0.4 is 5.32 Å². The highest BCUT2D eigenvalue weighted by Gasteiger charge is 2.10. The zero-order chi connectivity index (χ0) is 15.4. The third kappa shape index (κ3) is 4.18. The Morgan fingerprint density at radius 1 is 1.29 bits per heavy atom. The van der Waals surface area contributed by atoms with E-state index in [1.54, 1.807) is 24.3 Å². The lowest BCUT2D eigenvalue weighted by molar-refractivity contribution is -0.131. The SMILES string of the molecule is Cc1ccc(C=CC(=O)O)cc1NC(=O)c1ccc(Cl)s1. The van der Waals surface area contributed by atoms with Crippen LogP contribution in [0.3, 0.4) is 0 Å². The van der Waals surface area contributed by atoms with E-state index in [2.05, 4.69) is 5.32 Å². The third-order valence-corrected chi connectivity index (χ3v) is 3.96. The molecule has 2 rings (SSSR count). The topological polar surface area (TPSA) is 66.4 Å². The van der Waals surface area contributed by atoms with E-state index >= 15 is 0 Å². The first kappa shape index (κ1) is 15.3. The van der Waals surface area contributed by atoms with Crippen molar-refractivity contribution in [1.29, 1.82) is 0 Å². The molecule has 108 valence electrons. The summed E-state index contributed by atoms with van der Waals surface area (Å²) in [5.74, 6) is -1.26. The van der Waals surface area contributed by atoms with E-state index in [0.717, 1.165) is 11.6 Å². The first-order valence-corrected chi connectivity index (χ1v) is 7.23. The maximum atomic E-state index is 12.1. The highest BCUT2D eigenvalue weighted by Crippen LogP contribution is 2.24. The summed E-state index contributed by atoms with van der Waals surface area (Å²) in [5.41, 5.74) is 2.22. The van der Waals surface area contributed by atoms with Gasteiger partial charge in [-0.3, -0.25) is 4.79 Å². The first-order chi connectivity index (χ1) is 9.95. The average molecular weight is 322 g/mol. The summed E-state index contributed by atoms with van der Waals surface area (Å²) in [6, 6.07) is 8.65. The number of aliphatic carboxylic acids is 1. The Morgan fingerprint density at radius 2 is 2.05 bits per heavy atom. The number of nitrogens with one attached hydrogen (secondary N) is 1. The minimum Gasteiger partial charge on any atom is -0.478 e. The zero-order valence-corrected chi connectivity index (χ0v) is 12.7. The van der Waals surface area contributed by atoms with Gasteiger partial charge in [0.1, 0.15) is 0 Å². The lowest BCUT2D eigenvalue weighted by Crippen LogP contribution is -2.11. The van der Waals surface area contributed by atoms with Gasteiger partial charge in [-0.25, -0.2) is 4.79 Å². The summed E-state index contributed by atoms with van der Waals surface area (Å²) in [6.45, 7) is 1.86. The molecule has 0 atom stereocenters. The highest BCUT2D eigenvalue weighted by molar-refractivity contribution is 7.18. The number of amides is 1. The van der Waals surface area contributed by atoms with Gasteiger partial charge in [-0.2, -0.15) is 0 Å². The molecule has 0 radical (unpaired) electrons. The molecule has 6 heteroatoms. The van der Waals surface area contributed by atoms with Gasteiger partial charge in [0.25, 0.3) is 5.91 Å². The predicted octanol–water partition coefficient (Wildman–Crippen LogP) is 4.06. The molecule has 21 heavy (non-hydrogen) atoms. The predicted molar refractivity (Wildman–Crippen MR) is 85.1 cm³/mol. The van der Waals surface area contributed by atoms with Gasteiger partial charge in [0.05, 0.1) is 9.21 Å². The van der Waals surface area contributed by atoms with E-state index in [4.69, 9.17) is 16.7 Å². The number of anilines is 1. The number of hydrogen-bond acceptors (Lipinski definition) is 3. The van der Waals surface area contributed by atoms with Gasteiger partial charge < -0.3 is 10.4 Å². The average Bonchev–Trinajstić information content (AvgIpc) is 2.86. The number of hydrogen-bond donors (Lipinski definition) is 2. The number of carboxylic acid groups (broad SMARTS) is 1. The maximum absolute atomic E-state index is 12.1. The van der Waals surface area contributed by atoms with Crippen LogP contribution in [0, 0.1) is 6.92 Å². The molecule has 0 saturated heterocycles. The Morgan fingerprint density at radius 3 is 2.67 bits per heavy atom. The molecule has 0 saturated carbocycles. The molecule has 1 amide bonds. The molecule has 0 aliphatic heterocycles. The number of carbonyl (C=O) groups excluding carboxylic acids is 1. The Labute approximate surface area is 130 Å². The molecule has 0 bridgehead atoms. The zero-order valence-electron chi connectivity index (χ0n) is 11.1. The van der Waals surface area contributed by atoms with E-state index in [1.165, 1.54) is 17.4 Å². The molecule has 4 nitrogen and oxygen atoms in total. The molecule has 2 aromatic rings. The van der Waals surface area contributed by atoms with Crippen LogP contribution in [-0.2, 0) is 4.79 Å². The molecule has 1 aromatic carbocycles. The summed E-state index contributed by atoms with van der Waals surface area (Å²) in [7, 11) is 0. The van der Waals surface area contributed by atoms with Crippen LogP contribution in [0.15, 0.2) is 36.4 Å². The second kappa shape index (κ2) is 6.56. The van der Waals surface area contributed by atoms with Crippen molar-refractivity contribution in [3.63, 3.8) is 0 Å². The minimum absolute atomic E-state index is 0.241. The van der Waals surface area contributed by atoms with E-state index in [9.17, 15) is 9.59 Å². The summed E-state index contributed by atoms with van der Waals surface area (Å²) < 4.78 is 0.551. The lowest BCUT2D eigenvalue weighted by atomic mass is 10.1. The van der Waals surface area contributed by atoms with Gasteiger partial charge in [0, 0.05) is 11.8 Å². The summed E-state index contributed by atoms with van der Waals surface area (Å²) in [4.78, 5) is 23.1. The molecule has 1 aromatic heterocycles. The second-order valence-electron chi connectivity index (χ2n) is 4.30. The molecule has 2 N–H and O–H groups in total. The third-order valence-electron chi connectivity index (χ3n) is 2.73. The van der Waals surface area contributed by atoms with Gasteiger partial charge in [-0.05, 0) is 42.3 Å². The smallest absolute Gasteiger partial charge is 0.328 e. The van der Waals surface area contributed by atoms with Gasteiger partial charge in [-0.1, -0.05) is 23.7 Å². The maximum Gasteiger partial charge on any atom is 0.328 e. The van der Waals surface area contributed by atoms with E-state index in [-0.39, 0.29) is 5.91 Å². The van der Waals surface area contributed by atoms with Crippen LogP contribution in [0.1, 0.15) is 20.8 Å². The Kier molecular flexibility index (Phi) is 4.77. The van der Waals surface area contributed by atoms with E-state index in [1.807, 2.05) is 13.0 Å². The Hall–Kier alpha value is -2.11. The molecule has 0 aliphatic carbocycles. The summed E-state index contributed by atoms with van der Waals surface area (Å²) >= 11 is 7.01. The van der Waals surface area contributed by atoms with Crippen molar-refractivity contribution in [2.24, 2.45) is 0 Å². The number of benzene rings is 1. The number of halogens is 1. The van der Waals surface area contributed by atoms with Crippen molar-refractivity contribution >= 4 is 46.6 Å². The van der Waals surface area contributed by atoms with Crippen LogP contribution in [0.4, 0.5) is 5.69 Å². The normalized spacial score (nSPS) is 10.8. The molecule has 0 fully saturated rings. The number of rotatable bonds is 4. The number of carbonyl (C=O) groups is 2. The number of aryl methyl sites for hydroxylation is 1. The first-order valence-electron chi connectivity index (χ1n) is 6.04. The van der Waals surface area contributed by atoms with Crippen LogP contribution in [0.5, 0.6) is 0 Å². The Balaban J connectivity index is 2.21. The molecular formula is C15H12ClNO3S. The fraction of sp³-hybridized carbons (Fsp3) is 0.0667.